The number of para-hydroxylation sites is 1. The van der Waals surface area contributed by atoms with Crippen molar-refractivity contribution in [3.05, 3.63) is 57.8 Å². The number of nitro benzene ring substituents is 1. The van der Waals surface area contributed by atoms with Gasteiger partial charge in [0.05, 0.1) is 11.5 Å². The van der Waals surface area contributed by atoms with E-state index < -0.39 is 10.7 Å². The average molecular weight is 250 g/mol. The first-order valence-corrected chi connectivity index (χ1v) is 5.30. The molecule has 0 saturated carbocycles. The standard InChI is InChI=1S/C12H11FN2O3/c1-8-5-6-9(18-8)7-14-12-10(13)3-2-4-11(12)15(16)17/h2-6,14H,7H2,1H3. The normalized spacial score (nSPS) is 10.3. The number of anilines is 1. The minimum absolute atomic E-state index is 0.128. The van der Waals surface area contributed by atoms with E-state index in [1.165, 1.54) is 18.2 Å². The zero-order valence-corrected chi connectivity index (χ0v) is 9.64. The molecule has 0 bridgehead atoms. The van der Waals surface area contributed by atoms with E-state index in [0.29, 0.717) is 5.76 Å². The van der Waals surface area contributed by atoms with Crippen LogP contribution in [0.25, 0.3) is 0 Å². The summed E-state index contributed by atoms with van der Waals surface area (Å²) in [5.74, 6) is 0.660. The third-order valence-corrected chi connectivity index (χ3v) is 2.42. The van der Waals surface area contributed by atoms with E-state index in [-0.39, 0.29) is 17.9 Å². The summed E-state index contributed by atoms with van der Waals surface area (Å²) in [6.45, 7) is 1.98. The Morgan fingerprint density at radius 3 is 2.78 bits per heavy atom. The molecule has 2 aromatic rings. The summed E-state index contributed by atoms with van der Waals surface area (Å²) in [4.78, 5) is 10.1. The van der Waals surface area contributed by atoms with E-state index in [9.17, 15) is 14.5 Å². The molecule has 0 fully saturated rings. The molecule has 6 heteroatoms. The van der Waals surface area contributed by atoms with Gasteiger partial charge in [0.15, 0.2) is 5.82 Å². The molecule has 0 unspecified atom stereocenters. The van der Waals surface area contributed by atoms with Gasteiger partial charge in [-0.1, -0.05) is 6.07 Å². The molecule has 18 heavy (non-hydrogen) atoms. The Morgan fingerprint density at radius 1 is 1.39 bits per heavy atom. The number of nitrogens with one attached hydrogen (secondary N) is 1. The predicted octanol–water partition coefficient (Wildman–Crippen LogP) is 3.25. The number of hydrogen-bond donors (Lipinski definition) is 1. The Kier molecular flexibility index (Phi) is 3.27. The first-order chi connectivity index (χ1) is 8.58. The van der Waals surface area contributed by atoms with Gasteiger partial charge in [-0.3, -0.25) is 10.1 Å². The minimum Gasteiger partial charge on any atom is -0.465 e. The monoisotopic (exact) mass is 250 g/mol. The molecule has 0 aliphatic carbocycles. The van der Waals surface area contributed by atoms with Crippen molar-refractivity contribution in [3.8, 4) is 0 Å². The topological polar surface area (TPSA) is 68.3 Å². The third kappa shape index (κ3) is 2.48. The maximum atomic E-state index is 13.5. The zero-order valence-electron chi connectivity index (χ0n) is 9.64. The van der Waals surface area contributed by atoms with Crippen LogP contribution in [0.15, 0.2) is 34.7 Å². The second kappa shape index (κ2) is 4.87. The van der Waals surface area contributed by atoms with Crippen LogP contribution in [0.5, 0.6) is 0 Å². The lowest BCUT2D eigenvalue weighted by molar-refractivity contribution is -0.384. The molecule has 1 aromatic carbocycles. The van der Waals surface area contributed by atoms with Gasteiger partial charge in [0.25, 0.3) is 5.69 Å². The van der Waals surface area contributed by atoms with Gasteiger partial charge in [-0.2, -0.15) is 0 Å². The number of nitro groups is 1. The largest absolute Gasteiger partial charge is 0.465 e. The molecule has 2 rings (SSSR count). The van der Waals surface area contributed by atoms with E-state index in [0.717, 1.165) is 5.76 Å². The number of nitrogens with zero attached hydrogens (tertiary/aromatic N) is 1. The number of furan rings is 1. The molecule has 0 aliphatic rings. The van der Waals surface area contributed by atoms with Gasteiger partial charge in [0, 0.05) is 6.07 Å². The summed E-state index contributed by atoms with van der Waals surface area (Å²) < 4.78 is 18.8. The molecule has 0 saturated heterocycles. The van der Waals surface area contributed by atoms with Gasteiger partial charge < -0.3 is 9.73 Å². The SMILES string of the molecule is Cc1ccc(CNc2c(F)cccc2[N+](=O)[O-])o1. The average Bonchev–Trinajstić information content (AvgIpc) is 2.73. The van der Waals surface area contributed by atoms with Crippen LogP contribution in [-0.2, 0) is 6.54 Å². The lowest BCUT2D eigenvalue weighted by Crippen LogP contribution is -2.04. The first kappa shape index (κ1) is 12.1. The smallest absolute Gasteiger partial charge is 0.295 e. The van der Waals surface area contributed by atoms with Crippen molar-refractivity contribution in [1.29, 1.82) is 0 Å². The second-order valence-corrected chi connectivity index (χ2v) is 3.76. The predicted molar refractivity (Wildman–Crippen MR) is 63.8 cm³/mol. The fourth-order valence-electron chi connectivity index (χ4n) is 1.60. The molecule has 0 amide bonds. The maximum Gasteiger partial charge on any atom is 0.295 e. The lowest BCUT2D eigenvalue weighted by atomic mass is 10.2. The van der Waals surface area contributed by atoms with Crippen molar-refractivity contribution in [1.82, 2.24) is 0 Å². The zero-order chi connectivity index (χ0) is 13.1. The second-order valence-electron chi connectivity index (χ2n) is 3.76. The van der Waals surface area contributed by atoms with Crippen molar-refractivity contribution in [2.75, 3.05) is 5.32 Å². The Bertz CT molecular complexity index is 580. The molecule has 0 aliphatic heterocycles. The fraction of sp³-hybridized carbons (Fsp3) is 0.167. The van der Waals surface area contributed by atoms with Crippen LogP contribution in [-0.4, -0.2) is 4.92 Å². The van der Waals surface area contributed by atoms with Crippen molar-refractivity contribution in [3.63, 3.8) is 0 Å². The van der Waals surface area contributed by atoms with Gasteiger partial charge in [0.2, 0.25) is 0 Å². The van der Waals surface area contributed by atoms with Crippen molar-refractivity contribution in [2.45, 2.75) is 13.5 Å². The molecule has 94 valence electrons. The van der Waals surface area contributed by atoms with Crippen LogP contribution in [0.1, 0.15) is 11.5 Å². The summed E-state index contributed by atoms with van der Waals surface area (Å²) in [6.07, 6.45) is 0. The molecular weight excluding hydrogens is 239 g/mol. The van der Waals surface area contributed by atoms with Gasteiger partial charge in [0.1, 0.15) is 17.2 Å². The van der Waals surface area contributed by atoms with E-state index in [2.05, 4.69) is 5.32 Å². The summed E-state index contributed by atoms with van der Waals surface area (Å²) in [6, 6.07) is 7.22. The van der Waals surface area contributed by atoms with Gasteiger partial charge >= 0.3 is 0 Å². The number of halogens is 1. The molecule has 5 nitrogen and oxygen atoms in total. The number of hydrogen-bond acceptors (Lipinski definition) is 4. The summed E-state index contributed by atoms with van der Waals surface area (Å²) in [5, 5.41) is 13.4. The van der Waals surface area contributed by atoms with Crippen molar-refractivity contribution >= 4 is 11.4 Å². The van der Waals surface area contributed by atoms with Crippen molar-refractivity contribution < 1.29 is 13.7 Å². The van der Waals surface area contributed by atoms with Crippen LogP contribution in [0, 0.1) is 22.9 Å². The summed E-state index contributed by atoms with van der Waals surface area (Å²) >= 11 is 0. The van der Waals surface area contributed by atoms with Crippen LogP contribution in [0.4, 0.5) is 15.8 Å². The molecule has 1 N–H and O–H groups in total. The number of benzene rings is 1. The van der Waals surface area contributed by atoms with Crippen LogP contribution >= 0.6 is 0 Å². The highest BCUT2D eigenvalue weighted by Gasteiger charge is 2.17. The maximum absolute atomic E-state index is 13.5. The molecule has 0 atom stereocenters. The highest BCUT2D eigenvalue weighted by molar-refractivity contribution is 5.62. The molecule has 1 aromatic heterocycles. The fourth-order valence-corrected chi connectivity index (χ4v) is 1.60. The van der Waals surface area contributed by atoms with E-state index >= 15 is 0 Å². The van der Waals surface area contributed by atoms with Crippen LogP contribution < -0.4 is 5.32 Å². The summed E-state index contributed by atoms with van der Waals surface area (Å²) in [5.41, 5.74) is -0.421. The lowest BCUT2D eigenvalue weighted by Gasteiger charge is -2.06. The quantitative estimate of drug-likeness (QED) is 0.668. The Labute approximate surface area is 102 Å². The minimum atomic E-state index is -0.660. The van der Waals surface area contributed by atoms with Crippen LogP contribution in [0.3, 0.4) is 0 Å². The number of aryl methyl sites for hydroxylation is 1. The molecular formula is C12H11FN2O3. The van der Waals surface area contributed by atoms with Gasteiger partial charge in [-0.05, 0) is 25.1 Å². The Morgan fingerprint density at radius 2 is 2.17 bits per heavy atom. The van der Waals surface area contributed by atoms with E-state index in [1.54, 1.807) is 19.1 Å². The van der Waals surface area contributed by atoms with Crippen LogP contribution in [0.2, 0.25) is 0 Å². The van der Waals surface area contributed by atoms with Gasteiger partial charge in [-0.15, -0.1) is 0 Å². The Hall–Kier alpha value is -2.37. The molecule has 0 spiro atoms. The highest BCUT2D eigenvalue weighted by atomic mass is 19.1. The van der Waals surface area contributed by atoms with Crippen molar-refractivity contribution in [2.24, 2.45) is 0 Å². The van der Waals surface area contributed by atoms with Gasteiger partial charge in [-0.25, -0.2) is 4.39 Å². The third-order valence-electron chi connectivity index (χ3n) is 2.42. The summed E-state index contributed by atoms with van der Waals surface area (Å²) in [7, 11) is 0. The van der Waals surface area contributed by atoms with E-state index in [4.69, 9.17) is 4.42 Å². The van der Waals surface area contributed by atoms with E-state index in [1.807, 2.05) is 0 Å². The molecule has 0 radical (unpaired) electrons. The first-order valence-electron chi connectivity index (χ1n) is 5.30. The Balaban J connectivity index is 2.20. The highest BCUT2D eigenvalue weighted by Crippen LogP contribution is 2.27. The number of rotatable bonds is 4. The molecule has 1 heterocycles.